The summed E-state index contributed by atoms with van der Waals surface area (Å²) in [5, 5.41) is 10.9. The van der Waals surface area contributed by atoms with Crippen LogP contribution >= 0.6 is 0 Å². The molecule has 0 fully saturated rings. The fraction of sp³-hybridized carbons (Fsp3) is 0.188. The van der Waals surface area contributed by atoms with Crippen molar-refractivity contribution in [2.45, 2.75) is 39.5 Å². The fourth-order valence-corrected chi connectivity index (χ4v) is 3.98. The van der Waals surface area contributed by atoms with E-state index < -0.39 is 0 Å². The van der Waals surface area contributed by atoms with Crippen LogP contribution in [0.15, 0.2) is 95.2 Å². The largest absolute Gasteiger partial charge is 0.399 e. The number of hydrogen-bond donors (Lipinski definition) is 2. The average molecular weight is 475 g/mol. The number of nitrogens with two attached hydrogens (primary N) is 2. The van der Waals surface area contributed by atoms with Gasteiger partial charge in [-0.2, -0.15) is 5.11 Å². The van der Waals surface area contributed by atoms with Crippen molar-refractivity contribution in [2.75, 3.05) is 11.5 Å². The number of benzene rings is 4. The first-order valence-corrected chi connectivity index (χ1v) is 12.4. The molecule has 0 unspecified atom stereocenters. The topological polar surface area (TPSA) is 76.8 Å². The maximum Gasteiger partial charge on any atom is 0.0937 e. The van der Waals surface area contributed by atoms with Crippen molar-refractivity contribution in [3.8, 4) is 0 Å². The molecule has 182 valence electrons. The van der Waals surface area contributed by atoms with E-state index in [0.717, 1.165) is 32.9 Å². The lowest BCUT2D eigenvalue weighted by Crippen LogP contribution is -2.28. The molecule has 0 heterocycles. The van der Waals surface area contributed by atoms with E-state index in [1.54, 1.807) is 0 Å². The summed E-state index contributed by atoms with van der Waals surface area (Å²) in [7, 11) is 0. The molecule has 4 aromatic carbocycles. The molecule has 4 heteroatoms. The zero-order valence-corrected chi connectivity index (χ0v) is 21.4. The van der Waals surface area contributed by atoms with Gasteiger partial charge >= 0.3 is 0 Å². The van der Waals surface area contributed by atoms with Gasteiger partial charge in [0.05, 0.1) is 11.4 Å². The average Bonchev–Trinajstić information content (AvgIpc) is 2.87. The monoisotopic (exact) mass is 474 g/mol. The quantitative estimate of drug-likeness (QED) is 0.229. The summed E-state index contributed by atoms with van der Waals surface area (Å²) in [5.41, 5.74) is 20.0. The summed E-state index contributed by atoms with van der Waals surface area (Å²) in [6, 6.07) is 28.4. The van der Waals surface area contributed by atoms with Gasteiger partial charge in [0.15, 0.2) is 0 Å². The van der Waals surface area contributed by atoms with E-state index >= 15 is 0 Å². The second kappa shape index (κ2) is 11.0. The molecule has 0 amide bonds. The van der Waals surface area contributed by atoms with Gasteiger partial charge in [-0.3, -0.25) is 0 Å². The zero-order valence-electron chi connectivity index (χ0n) is 21.4. The fourth-order valence-electron chi connectivity index (χ4n) is 3.98. The number of azo groups is 1. The van der Waals surface area contributed by atoms with Crippen LogP contribution in [0.25, 0.3) is 12.2 Å². The van der Waals surface area contributed by atoms with E-state index in [1.807, 2.05) is 36.4 Å². The molecule has 0 bridgehead atoms. The van der Waals surface area contributed by atoms with Gasteiger partial charge in [0.2, 0.25) is 0 Å². The summed E-state index contributed by atoms with van der Waals surface area (Å²) >= 11 is 0. The Hall–Kier alpha value is -4.18. The van der Waals surface area contributed by atoms with Crippen molar-refractivity contribution >= 4 is 34.9 Å². The molecule has 0 saturated carbocycles. The first kappa shape index (κ1) is 24.9. The highest BCUT2D eigenvalue weighted by atomic mass is 15.1. The van der Waals surface area contributed by atoms with Gasteiger partial charge in [-0.15, -0.1) is 5.11 Å². The van der Waals surface area contributed by atoms with Crippen molar-refractivity contribution in [1.82, 2.24) is 0 Å². The lowest BCUT2D eigenvalue weighted by molar-refractivity contribution is 0.866. The molecule has 0 aliphatic carbocycles. The first-order valence-electron chi connectivity index (χ1n) is 12.4. The van der Waals surface area contributed by atoms with Crippen LogP contribution < -0.4 is 21.9 Å². The number of anilines is 2. The maximum atomic E-state index is 6.52. The Morgan fingerprint density at radius 1 is 0.556 bits per heavy atom. The Kier molecular flexibility index (Phi) is 7.65. The van der Waals surface area contributed by atoms with E-state index in [4.69, 9.17) is 11.5 Å². The van der Waals surface area contributed by atoms with Crippen LogP contribution in [0.4, 0.5) is 22.7 Å². The number of rotatable bonds is 6. The third-order valence-corrected chi connectivity index (χ3v) is 6.29. The predicted molar refractivity (Wildman–Crippen MR) is 153 cm³/mol. The highest BCUT2D eigenvalue weighted by Gasteiger charge is 2.04. The molecular formula is C32H34N4. The van der Waals surface area contributed by atoms with Gasteiger partial charge in [0.25, 0.3) is 0 Å². The number of nitrogen functional groups attached to an aromatic ring is 2. The normalized spacial score (nSPS) is 12.8. The minimum atomic E-state index is 0.480. The van der Waals surface area contributed by atoms with E-state index in [9.17, 15) is 0 Å². The highest BCUT2D eigenvalue weighted by Crippen LogP contribution is 2.19. The summed E-state index contributed by atoms with van der Waals surface area (Å²) in [6.07, 6.45) is 4.25. The van der Waals surface area contributed by atoms with Gasteiger partial charge < -0.3 is 11.5 Å². The lowest BCUT2D eigenvalue weighted by atomic mass is 10.00. The SMILES string of the molecule is CC(C)c1ccc(C=c2c(N)ccc(N=Nc3ccc(N)cc3)c2=Cc2ccc(C(C)C)cc2)cc1. The van der Waals surface area contributed by atoms with Crippen molar-refractivity contribution < 1.29 is 0 Å². The smallest absolute Gasteiger partial charge is 0.0937 e. The van der Waals surface area contributed by atoms with Crippen molar-refractivity contribution in [1.29, 1.82) is 0 Å². The minimum absolute atomic E-state index is 0.480. The van der Waals surface area contributed by atoms with Crippen LogP contribution in [0.2, 0.25) is 0 Å². The van der Waals surface area contributed by atoms with Gasteiger partial charge in [-0.05, 0) is 82.6 Å². The summed E-state index contributed by atoms with van der Waals surface area (Å²) in [5.74, 6) is 0.965. The van der Waals surface area contributed by atoms with Gasteiger partial charge in [-0.1, -0.05) is 76.2 Å². The summed E-state index contributed by atoms with van der Waals surface area (Å²) < 4.78 is 0. The molecule has 0 atom stereocenters. The van der Waals surface area contributed by atoms with E-state index in [2.05, 4.69) is 98.6 Å². The molecule has 0 radical (unpaired) electrons. The minimum Gasteiger partial charge on any atom is -0.399 e. The van der Waals surface area contributed by atoms with Crippen molar-refractivity contribution in [3.63, 3.8) is 0 Å². The molecular weight excluding hydrogens is 440 g/mol. The number of hydrogen-bond acceptors (Lipinski definition) is 4. The van der Waals surface area contributed by atoms with Crippen molar-refractivity contribution in [2.24, 2.45) is 10.2 Å². The maximum absolute atomic E-state index is 6.52. The van der Waals surface area contributed by atoms with Crippen LogP contribution in [0.3, 0.4) is 0 Å². The van der Waals surface area contributed by atoms with E-state index in [1.165, 1.54) is 11.1 Å². The van der Waals surface area contributed by atoms with Crippen molar-refractivity contribution in [3.05, 3.63) is 118 Å². The van der Waals surface area contributed by atoms with Crippen LogP contribution in [0, 0.1) is 0 Å². The molecule has 4 aromatic rings. The van der Waals surface area contributed by atoms with Gasteiger partial charge in [0.1, 0.15) is 0 Å². The van der Waals surface area contributed by atoms with E-state index in [-0.39, 0.29) is 0 Å². The van der Waals surface area contributed by atoms with Crippen LogP contribution in [0.5, 0.6) is 0 Å². The van der Waals surface area contributed by atoms with Gasteiger partial charge in [-0.25, -0.2) is 0 Å². The van der Waals surface area contributed by atoms with Gasteiger partial charge in [0, 0.05) is 21.8 Å². The Bertz CT molecular complexity index is 1460. The molecule has 0 aliphatic rings. The highest BCUT2D eigenvalue weighted by molar-refractivity contribution is 5.65. The Morgan fingerprint density at radius 2 is 1.06 bits per heavy atom. The number of nitrogens with zero attached hydrogens (tertiary/aromatic N) is 2. The Labute approximate surface area is 213 Å². The molecule has 0 aromatic heterocycles. The third-order valence-electron chi connectivity index (χ3n) is 6.29. The Balaban J connectivity index is 1.89. The molecule has 4 rings (SSSR count). The zero-order chi connectivity index (χ0) is 25.7. The third kappa shape index (κ3) is 6.08. The lowest BCUT2D eigenvalue weighted by Gasteiger charge is -2.07. The first-order chi connectivity index (χ1) is 17.3. The molecule has 0 spiro atoms. The molecule has 0 aliphatic heterocycles. The summed E-state index contributed by atoms with van der Waals surface area (Å²) in [4.78, 5) is 0. The predicted octanol–water partition coefficient (Wildman–Crippen LogP) is 7.17. The standard InChI is InChI=1S/C32H34N4/c1-21(2)25-9-5-23(6-10-25)19-29-30(20-24-7-11-26(12-8-24)22(3)4)32(18-17-31(29)34)36-35-28-15-13-27(33)14-16-28/h5-22H,33-34H2,1-4H3. The second-order valence-corrected chi connectivity index (χ2v) is 9.72. The molecule has 0 saturated heterocycles. The molecule has 4 N–H and O–H groups in total. The summed E-state index contributed by atoms with van der Waals surface area (Å²) in [6.45, 7) is 8.79. The molecule has 4 nitrogen and oxygen atoms in total. The van der Waals surface area contributed by atoms with Crippen LogP contribution in [-0.2, 0) is 0 Å². The van der Waals surface area contributed by atoms with Crippen LogP contribution in [-0.4, -0.2) is 0 Å². The molecule has 36 heavy (non-hydrogen) atoms. The van der Waals surface area contributed by atoms with Crippen LogP contribution in [0.1, 0.15) is 61.8 Å². The van der Waals surface area contributed by atoms with E-state index in [0.29, 0.717) is 23.2 Å². The second-order valence-electron chi connectivity index (χ2n) is 9.72. The Morgan fingerprint density at radius 3 is 1.56 bits per heavy atom.